The van der Waals surface area contributed by atoms with Crippen molar-refractivity contribution >= 4 is 34.3 Å². The van der Waals surface area contributed by atoms with Gasteiger partial charge in [0, 0.05) is 24.0 Å². The molecule has 2 aromatic rings. The summed E-state index contributed by atoms with van der Waals surface area (Å²) in [5, 5.41) is 4.90. The molecule has 0 aliphatic carbocycles. The van der Waals surface area contributed by atoms with Gasteiger partial charge < -0.3 is 19.1 Å². The number of benzene rings is 1. The lowest BCUT2D eigenvalue weighted by molar-refractivity contribution is -0.148. The third kappa shape index (κ3) is 5.52. The van der Waals surface area contributed by atoms with Crippen LogP contribution in [0.15, 0.2) is 23.6 Å². The first-order valence-electron chi connectivity index (χ1n) is 9.78. The van der Waals surface area contributed by atoms with Crippen LogP contribution in [0.3, 0.4) is 0 Å². The summed E-state index contributed by atoms with van der Waals surface area (Å²) in [6.07, 6.45) is 1.34. The van der Waals surface area contributed by atoms with Gasteiger partial charge in [0.25, 0.3) is 5.91 Å². The topological polar surface area (TPSA) is 107 Å². The zero-order chi connectivity index (χ0) is 22.4. The average Bonchev–Trinajstić information content (AvgIpc) is 3.24. The summed E-state index contributed by atoms with van der Waals surface area (Å²) in [6, 6.07) is 4.87. The van der Waals surface area contributed by atoms with Crippen LogP contribution in [0.1, 0.15) is 28.9 Å². The number of carbonyl (C=O) groups excluding carboxylic acids is 3. The number of esters is 1. The normalized spacial score (nSPS) is 14.1. The number of hydrogen-bond donors (Lipinski definition) is 1. The Hall–Kier alpha value is -3.14. The summed E-state index contributed by atoms with van der Waals surface area (Å²) < 4.78 is 15.2. The van der Waals surface area contributed by atoms with Crippen molar-refractivity contribution in [1.82, 2.24) is 9.88 Å². The molecular weight excluding hydrogens is 422 g/mol. The maximum Gasteiger partial charge on any atom is 0.308 e. The summed E-state index contributed by atoms with van der Waals surface area (Å²) in [5.74, 6) is 0.235. The van der Waals surface area contributed by atoms with Crippen molar-refractivity contribution in [3.63, 3.8) is 0 Å². The number of ether oxygens (including phenoxy) is 3. The SMILES string of the molecule is COC(=O)C1CCN(C(=O)Cc2csc(NC(=O)c3ccc(OC)c(OC)c3)n2)CC1. The fourth-order valence-electron chi connectivity index (χ4n) is 3.39. The largest absolute Gasteiger partial charge is 0.493 e. The van der Waals surface area contributed by atoms with Gasteiger partial charge in [0.05, 0.1) is 39.4 Å². The lowest BCUT2D eigenvalue weighted by Gasteiger charge is -2.30. The molecule has 2 heterocycles. The van der Waals surface area contributed by atoms with Crippen LogP contribution in [-0.2, 0) is 20.7 Å². The number of piperidine rings is 1. The molecular formula is C21H25N3O6S. The number of methoxy groups -OCH3 is 3. The van der Waals surface area contributed by atoms with E-state index in [1.54, 1.807) is 28.5 Å². The fraction of sp³-hybridized carbons (Fsp3) is 0.429. The van der Waals surface area contributed by atoms with Gasteiger partial charge >= 0.3 is 5.97 Å². The van der Waals surface area contributed by atoms with Gasteiger partial charge in [-0.15, -0.1) is 11.3 Å². The van der Waals surface area contributed by atoms with Gasteiger partial charge in [-0.3, -0.25) is 19.7 Å². The highest BCUT2D eigenvalue weighted by atomic mass is 32.1. The number of nitrogens with zero attached hydrogens (tertiary/aromatic N) is 2. The molecule has 0 unspecified atom stereocenters. The van der Waals surface area contributed by atoms with Crippen LogP contribution in [0.4, 0.5) is 5.13 Å². The molecule has 1 N–H and O–H groups in total. The Labute approximate surface area is 184 Å². The van der Waals surface area contributed by atoms with Gasteiger partial charge in [0.2, 0.25) is 5.91 Å². The van der Waals surface area contributed by atoms with Crippen LogP contribution in [0, 0.1) is 5.92 Å². The van der Waals surface area contributed by atoms with Crippen molar-refractivity contribution in [1.29, 1.82) is 0 Å². The van der Waals surface area contributed by atoms with Crippen molar-refractivity contribution in [2.24, 2.45) is 5.92 Å². The number of anilines is 1. The first kappa shape index (κ1) is 22.5. The Balaban J connectivity index is 1.55. The van der Waals surface area contributed by atoms with Gasteiger partial charge in [-0.1, -0.05) is 0 Å². The Kier molecular flexibility index (Phi) is 7.45. The summed E-state index contributed by atoms with van der Waals surface area (Å²) in [5.41, 5.74) is 0.992. The second-order valence-electron chi connectivity index (χ2n) is 7.02. The number of carbonyl (C=O) groups is 3. The highest BCUT2D eigenvalue weighted by Gasteiger charge is 2.28. The zero-order valence-electron chi connectivity index (χ0n) is 17.7. The molecule has 1 fully saturated rings. The van der Waals surface area contributed by atoms with Gasteiger partial charge in [-0.25, -0.2) is 4.98 Å². The third-order valence-corrected chi connectivity index (χ3v) is 5.94. The van der Waals surface area contributed by atoms with Crippen molar-refractivity contribution < 1.29 is 28.6 Å². The molecule has 1 aromatic heterocycles. The molecule has 0 bridgehead atoms. The molecule has 1 aliphatic rings. The van der Waals surface area contributed by atoms with Crippen molar-refractivity contribution in [2.45, 2.75) is 19.3 Å². The standard InChI is InChI=1S/C21H25N3O6S/c1-28-16-5-4-14(10-17(16)29-2)19(26)23-21-22-15(12-31-21)11-18(25)24-8-6-13(7-9-24)20(27)30-3/h4-5,10,12-13H,6-9,11H2,1-3H3,(H,22,23,26). The third-order valence-electron chi connectivity index (χ3n) is 5.13. The quantitative estimate of drug-likeness (QED) is 0.649. The van der Waals surface area contributed by atoms with E-state index >= 15 is 0 Å². The summed E-state index contributed by atoms with van der Waals surface area (Å²) in [4.78, 5) is 42.8. The number of hydrogen-bond acceptors (Lipinski definition) is 8. The highest BCUT2D eigenvalue weighted by molar-refractivity contribution is 7.14. The number of amides is 2. The minimum atomic E-state index is -0.335. The van der Waals surface area contributed by atoms with Crippen molar-refractivity contribution in [2.75, 3.05) is 39.7 Å². The second kappa shape index (κ2) is 10.3. The highest BCUT2D eigenvalue weighted by Crippen LogP contribution is 2.28. The maximum absolute atomic E-state index is 12.6. The average molecular weight is 448 g/mol. The predicted molar refractivity (Wildman–Crippen MR) is 115 cm³/mol. The first-order valence-corrected chi connectivity index (χ1v) is 10.7. The molecule has 3 rings (SSSR count). The van der Waals surface area contributed by atoms with Crippen LogP contribution < -0.4 is 14.8 Å². The molecule has 9 nitrogen and oxygen atoms in total. The number of aromatic nitrogens is 1. The minimum absolute atomic E-state index is 0.0496. The number of thiazole rings is 1. The van der Waals surface area contributed by atoms with Crippen LogP contribution in [0.2, 0.25) is 0 Å². The van der Waals surface area contributed by atoms with E-state index < -0.39 is 0 Å². The molecule has 10 heteroatoms. The molecule has 166 valence electrons. The van der Waals surface area contributed by atoms with Crippen LogP contribution in [0.25, 0.3) is 0 Å². The minimum Gasteiger partial charge on any atom is -0.493 e. The monoisotopic (exact) mass is 447 g/mol. The van der Waals surface area contributed by atoms with E-state index in [0.717, 1.165) is 0 Å². The van der Waals surface area contributed by atoms with Crippen molar-refractivity contribution in [3.8, 4) is 11.5 Å². The molecule has 2 amide bonds. The Morgan fingerprint density at radius 3 is 2.48 bits per heavy atom. The van der Waals surface area contributed by atoms with Gasteiger partial charge in [0.15, 0.2) is 16.6 Å². The molecule has 1 saturated heterocycles. The first-order chi connectivity index (χ1) is 14.9. The van der Waals surface area contributed by atoms with Gasteiger partial charge in [0.1, 0.15) is 0 Å². The van der Waals surface area contributed by atoms with Crippen molar-refractivity contribution in [3.05, 3.63) is 34.8 Å². The molecule has 0 spiro atoms. The second-order valence-corrected chi connectivity index (χ2v) is 7.88. The lowest BCUT2D eigenvalue weighted by Crippen LogP contribution is -2.41. The number of nitrogens with one attached hydrogen (secondary N) is 1. The molecule has 0 atom stereocenters. The Bertz CT molecular complexity index is 952. The van der Waals surface area contributed by atoms with E-state index in [-0.39, 0.29) is 30.1 Å². The van der Waals surface area contributed by atoms with Crippen LogP contribution in [-0.4, -0.2) is 62.1 Å². The summed E-state index contributed by atoms with van der Waals surface area (Å²) >= 11 is 1.26. The van der Waals surface area contributed by atoms with E-state index in [2.05, 4.69) is 10.3 Å². The molecule has 0 saturated carbocycles. The lowest BCUT2D eigenvalue weighted by atomic mass is 9.97. The van der Waals surface area contributed by atoms with Gasteiger partial charge in [-0.05, 0) is 31.0 Å². The van der Waals surface area contributed by atoms with Gasteiger partial charge in [-0.2, -0.15) is 0 Å². The maximum atomic E-state index is 12.6. The molecule has 31 heavy (non-hydrogen) atoms. The Morgan fingerprint density at radius 2 is 1.84 bits per heavy atom. The van der Waals surface area contributed by atoms with E-state index in [0.29, 0.717) is 53.8 Å². The molecule has 1 aliphatic heterocycles. The van der Waals surface area contributed by atoms with E-state index in [1.807, 2.05) is 0 Å². The Morgan fingerprint density at radius 1 is 1.13 bits per heavy atom. The predicted octanol–water partition coefficient (Wildman–Crippen LogP) is 2.37. The molecule has 0 radical (unpaired) electrons. The zero-order valence-corrected chi connectivity index (χ0v) is 18.5. The van der Waals surface area contributed by atoms with E-state index in [1.165, 1.54) is 32.7 Å². The fourth-order valence-corrected chi connectivity index (χ4v) is 4.10. The molecule has 1 aromatic carbocycles. The number of likely N-dealkylation sites (tertiary alicyclic amines) is 1. The van der Waals surface area contributed by atoms with E-state index in [9.17, 15) is 14.4 Å². The number of rotatable bonds is 7. The van der Waals surface area contributed by atoms with Crippen LogP contribution >= 0.6 is 11.3 Å². The smallest absolute Gasteiger partial charge is 0.308 e. The van der Waals surface area contributed by atoms with Crippen LogP contribution in [0.5, 0.6) is 11.5 Å². The summed E-state index contributed by atoms with van der Waals surface area (Å²) in [7, 11) is 4.41. The van der Waals surface area contributed by atoms with E-state index in [4.69, 9.17) is 14.2 Å². The summed E-state index contributed by atoms with van der Waals surface area (Å²) in [6.45, 7) is 1.04.